The highest BCUT2D eigenvalue weighted by Crippen LogP contribution is 2.14. The Balaban J connectivity index is 0.00000147. The molecule has 3 aromatic rings. The first-order valence-corrected chi connectivity index (χ1v) is 7.28. The molecule has 20 heavy (non-hydrogen) atoms. The molecule has 0 atom stereocenters. The number of fused-ring (bicyclic) bond motifs is 1. The second-order valence-corrected chi connectivity index (χ2v) is 5.40. The van der Waals surface area contributed by atoms with Crippen LogP contribution in [-0.4, -0.2) is 21.7 Å². The van der Waals surface area contributed by atoms with Crippen LogP contribution >= 0.6 is 23.7 Å². The number of aryl methyl sites for hydroxylation is 1. The summed E-state index contributed by atoms with van der Waals surface area (Å²) in [6, 6.07) is 4.33. The summed E-state index contributed by atoms with van der Waals surface area (Å²) in [6.45, 7) is 3.85. The Morgan fingerprint density at radius 1 is 1.35 bits per heavy atom. The predicted molar refractivity (Wildman–Crippen MR) is 85.6 cm³/mol. The lowest BCUT2D eigenvalue weighted by Gasteiger charge is -2.04. The van der Waals surface area contributed by atoms with Gasteiger partial charge in [-0.05, 0) is 53.9 Å². The molecule has 6 heteroatoms. The molecule has 106 valence electrons. The number of thiophene rings is 1. The highest BCUT2D eigenvalue weighted by atomic mass is 35.5. The lowest BCUT2D eigenvalue weighted by Crippen LogP contribution is -2.16. The second-order valence-electron chi connectivity index (χ2n) is 4.62. The predicted octanol–water partition coefficient (Wildman–Crippen LogP) is 3.08. The van der Waals surface area contributed by atoms with Crippen LogP contribution in [0.15, 0.2) is 29.1 Å². The zero-order valence-electron chi connectivity index (χ0n) is 11.2. The maximum Gasteiger partial charge on any atom is 0.181 e. The molecule has 0 aliphatic rings. The first kappa shape index (κ1) is 15.0. The summed E-state index contributed by atoms with van der Waals surface area (Å²) in [5, 5.41) is 16.0. The minimum Gasteiger partial charge on any atom is -0.312 e. The number of halogens is 1. The Morgan fingerprint density at radius 3 is 3.05 bits per heavy atom. The van der Waals surface area contributed by atoms with E-state index in [0.29, 0.717) is 0 Å². The molecule has 0 radical (unpaired) electrons. The number of pyridine rings is 1. The van der Waals surface area contributed by atoms with Crippen LogP contribution in [0.1, 0.15) is 16.8 Å². The van der Waals surface area contributed by atoms with Gasteiger partial charge < -0.3 is 5.32 Å². The third-order valence-corrected chi connectivity index (χ3v) is 3.89. The van der Waals surface area contributed by atoms with Crippen molar-refractivity contribution in [3.63, 3.8) is 0 Å². The van der Waals surface area contributed by atoms with Crippen LogP contribution in [0.4, 0.5) is 0 Å². The fourth-order valence-electron chi connectivity index (χ4n) is 2.06. The van der Waals surface area contributed by atoms with Gasteiger partial charge in [0.25, 0.3) is 0 Å². The molecule has 3 heterocycles. The molecule has 0 fully saturated rings. The largest absolute Gasteiger partial charge is 0.312 e. The van der Waals surface area contributed by atoms with Crippen molar-refractivity contribution in [2.24, 2.45) is 0 Å². The Labute approximate surface area is 128 Å². The Hall–Kier alpha value is -1.43. The highest BCUT2D eigenvalue weighted by Gasteiger charge is 2.03. The van der Waals surface area contributed by atoms with E-state index in [-0.39, 0.29) is 12.4 Å². The van der Waals surface area contributed by atoms with Gasteiger partial charge in [-0.15, -0.1) is 12.4 Å². The van der Waals surface area contributed by atoms with E-state index < -0.39 is 0 Å². The third kappa shape index (κ3) is 3.36. The molecule has 4 nitrogen and oxygen atoms in total. The number of hydrogen-bond acceptors (Lipinski definition) is 4. The number of nitrogens with one attached hydrogen (secondary N) is 2. The lowest BCUT2D eigenvalue weighted by atomic mass is 10.2. The molecule has 0 aromatic carbocycles. The standard InChI is InChI=1S/C14H16N4S.ClH/c1-10-13-6-12(8-16-14(13)18-17-10)7-15-4-2-11-3-5-19-9-11;/h3,5-6,8-9,15H,2,4,7H2,1H3,(H,16,17,18);1H. The molecule has 0 spiro atoms. The molecule has 0 amide bonds. The second kappa shape index (κ2) is 6.83. The number of aromatic nitrogens is 3. The van der Waals surface area contributed by atoms with Crippen molar-refractivity contribution in [3.05, 3.63) is 45.9 Å². The summed E-state index contributed by atoms with van der Waals surface area (Å²) in [5.41, 5.74) is 4.46. The van der Waals surface area contributed by atoms with Crippen molar-refractivity contribution in [1.82, 2.24) is 20.5 Å². The van der Waals surface area contributed by atoms with Gasteiger partial charge in [0, 0.05) is 23.8 Å². The molecule has 0 saturated heterocycles. The molecule has 3 rings (SSSR count). The minimum absolute atomic E-state index is 0. The minimum atomic E-state index is 0. The molecule has 0 saturated carbocycles. The van der Waals surface area contributed by atoms with Gasteiger partial charge in [0.2, 0.25) is 0 Å². The Kier molecular flexibility index (Phi) is 5.11. The summed E-state index contributed by atoms with van der Waals surface area (Å²) >= 11 is 1.75. The molecule has 0 aliphatic heterocycles. The van der Waals surface area contributed by atoms with Crippen molar-refractivity contribution >= 4 is 34.8 Å². The van der Waals surface area contributed by atoms with Crippen molar-refractivity contribution in [2.45, 2.75) is 19.9 Å². The van der Waals surface area contributed by atoms with Gasteiger partial charge in [-0.3, -0.25) is 5.10 Å². The van der Waals surface area contributed by atoms with E-state index >= 15 is 0 Å². The first-order chi connectivity index (χ1) is 9.33. The topological polar surface area (TPSA) is 53.6 Å². The zero-order valence-corrected chi connectivity index (χ0v) is 12.9. The number of hydrogen-bond donors (Lipinski definition) is 2. The van der Waals surface area contributed by atoms with Gasteiger partial charge in [0.15, 0.2) is 5.65 Å². The van der Waals surface area contributed by atoms with Crippen molar-refractivity contribution in [1.29, 1.82) is 0 Å². The van der Waals surface area contributed by atoms with E-state index in [4.69, 9.17) is 0 Å². The Bertz CT molecular complexity index is 663. The average Bonchev–Trinajstić information content (AvgIpc) is 3.06. The van der Waals surface area contributed by atoms with E-state index in [0.717, 1.165) is 36.2 Å². The van der Waals surface area contributed by atoms with Gasteiger partial charge in [0.05, 0.1) is 0 Å². The van der Waals surface area contributed by atoms with Gasteiger partial charge in [-0.1, -0.05) is 0 Å². The van der Waals surface area contributed by atoms with Crippen molar-refractivity contribution in [3.8, 4) is 0 Å². The average molecular weight is 309 g/mol. The number of H-pyrrole nitrogens is 1. The fourth-order valence-corrected chi connectivity index (χ4v) is 2.76. The quantitative estimate of drug-likeness (QED) is 0.712. The van der Waals surface area contributed by atoms with Gasteiger partial charge in [-0.25, -0.2) is 4.98 Å². The normalized spacial score (nSPS) is 10.7. The molecule has 3 aromatic heterocycles. The molecule has 2 N–H and O–H groups in total. The van der Waals surface area contributed by atoms with E-state index in [1.54, 1.807) is 11.3 Å². The lowest BCUT2D eigenvalue weighted by molar-refractivity contribution is 0.687. The maximum atomic E-state index is 4.35. The third-order valence-electron chi connectivity index (χ3n) is 3.16. The zero-order chi connectivity index (χ0) is 13.1. The molecule has 0 bridgehead atoms. The van der Waals surface area contributed by atoms with Crippen LogP contribution in [0.5, 0.6) is 0 Å². The van der Waals surface area contributed by atoms with E-state index in [1.807, 2.05) is 13.1 Å². The number of nitrogens with zero attached hydrogens (tertiary/aromatic N) is 2. The number of aromatic amines is 1. The fraction of sp³-hybridized carbons (Fsp3) is 0.286. The Morgan fingerprint density at radius 2 is 2.25 bits per heavy atom. The molecular formula is C14H17ClN4S. The van der Waals surface area contributed by atoms with Crippen LogP contribution in [-0.2, 0) is 13.0 Å². The van der Waals surface area contributed by atoms with Crippen LogP contribution in [0.25, 0.3) is 11.0 Å². The van der Waals surface area contributed by atoms with E-state index in [9.17, 15) is 0 Å². The molecule has 0 aliphatic carbocycles. The van der Waals surface area contributed by atoms with Crippen LogP contribution < -0.4 is 5.32 Å². The summed E-state index contributed by atoms with van der Waals surface area (Å²) in [6.07, 6.45) is 2.96. The first-order valence-electron chi connectivity index (χ1n) is 6.34. The highest BCUT2D eigenvalue weighted by molar-refractivity contribution is 7.07. The maximum absolute atomic E-state index is 4.35. The molecular weight excluding hydrogens is 292 g/mol. The summed E-state index contributed by atoms with van der Waals surface area (Å²) in [7, 11) is 0. The SMILES string of the molecule is Cc1[nH]nc2ncc(CNCCc3ccsc3)cc12.Cl. The van der Waals surface area contributed by atoms with Crippen LogP contribution in [0.3, 0.4) is 0 Å². The van der Waals surface area contributed by atoms with E-state index in [1.165, 1.54) is 11.1 Å². The van der Waals surface area contributed by atoms with Crippen LogP contribution in [0, 0.1) is 6.92 Å². The summed E-state index contributed by atoms with van der Waals surface area (Å²) in [5.74, 6) is 0. The van der Waals surface area contributed by atoms with E-state index in [2.05, 4.69) is 43.4 Å². The van der Waals surface area contributed by atoms with Gasteiger partial charge >= 0.3 is 0 Å². The smallest absolute Gasteiger partial charge is 0.181 e. The summed E-state index contributed by atoms with van der Waals surface area (Å²) < 4.78 is 0. The monoisotopic (exact) mass is 308 g/mol. The van der Waals surface area contributed by atoms with Crippen molar-refractivity contribution < 1.29 is 0 Å². The molecule has 0 unspecified atom stereocenters. The number of rotatable bonds is 5. The van der Waals surface area contributed by atoms with Gasteiger partial charge in [0.1, 0.15) is 0 Å². The van der Waals surface area contributed by atoms with Crippen molar-refractivity contribution in [2.75, 3.05) is 6.54 Å². The van der Waals surface area contributed by atoms with Crippen LogP contribution in [0.2, 0.25) is 0 Å². The van der Waals surface area contributed by atoms with Gasteiger partial charge in [-0.2, -0.15) is 16.4 Å². The summed E-state index contributed by atoms with van der Waals surface area (Å²) in [4.78, 5) is 4.35.